The van der Waals surface area contributed by atoms with Crippen LogP contribution in [0.5, 0.6) is 0 Å². The molecule has 0 aliphatic heterocycles. The molecule has 0 saturated carbocycles. The first-order valence-corrected chi connectivity index (χ1v) is 4.53. The third kappa shape index (κ3) is 2.91. The summed E-state index contributed by atoms with van der Waals surface area (Å²) in [6, 6.07) is 0. The molecule has 0 bridgehead atoms. The highest BCUT2D eigenvalue weighted by atomic mass is 16.5. The summed E-state index contributed by atoms with van der Waals surface area (Å²) < 4.78 is 4.99. The molecule has 0 aliphatic carbocycles. The molecule has 0 amide bonds. The zero-order valence-corrected chi connectivity index (χ0v) is 9.40. The Labute approximate surface area is 88.9 Å². The molecule has 1 aromatic rings. The smallest absolute Gasteiger partial charge is 0.233 e. The van der Waals surface area contributed by atoms with Gasteiger partial charge in [0.25, 0.3) is 0 Å². The number of nitrogens with zero attached hydrogens (tertiary/aromatic N) is 4. The summed E-state index contributed by atoms with van der Waals surface area (Å²) in [7, 11) is 6.98. The first-order valence-electron chi connectivity index (χ1n) is 4.53. The van der Waals surface area contributed by atoms with Crippen LogP contribution in [0.4, 0.5) is 17.8 Å². The minimum Gasteiger partial charge on any atom is -0.364 e. The van der Waals surface area contributed by atoms with Crippen molar-refractivity contribution in [2.45, 2.75) is 0 Å². The second kappa shape index (κ2) is 5.30. The van der Waals surface area contributed by atoms with E-state index in [1.807, 2.05) is 7.05 Å². The van der Waals surface area contributed by atoms with Crippen molar-refractivity contribution in [3.63, 3.8) is 0 Å². The maximum absolute atomic E-state index is 4.99. The van der Waals surface area contributed by atoms with Crippen molar-refractivity contribution in [3.8, 4) is 0 Å². The van der Waals surface area contributed by atoms with Crippen LogP contribution in [0, 0.1) is 0 Å². The number of hydrogen-bond acceptors (Lipinski definition) is 7. The van der Waals surface area contributed by atoms with Crippen LogP contribution in [0.25, 0.3) is 0 Å². The zero-order valence-electron chi connectivity index (χ0n) is 9.40. The fourth-order valence-corrected chi connectivity index (χ4v) is 1.01. The maximum Gasteiger partial charge on any atom is 0.233 e. The predicted octanol–water partition coefficient (Wildman–Crippen LogP) is -0.00490. The zero-order chi connectivity index (χ0) is 11.3. The Bertz CT molecular complexity index is 296. The number of aromatic nitrogens is 3. The maximum atomic E-state index is 4.99. The van der Waals surface area contributed by atoms with Gasteiger partial charge in [0.1, 0.15) is 6.73 Å². The molecule has 7 heteroatoms. The second-order valence-electron chi connectivity index (χ2n) is 2.90. The van der Waals surface area contributed by atoms with Gasteiger partial charge in [0.15, 0.2) is 0 Å². The largest absolute Gasteiger partial charge is 0.364 e. The number of methoxy groups -OCH3 is 1. The van der Waals surface area contributed by atoms with E-state index in [-0.39, 0.29) is 0 Å². The van der Waals surface area contributed by atoms with Crippen LogP contribution in [0.1, 0.15) is 0 Å². The highest BCUT2D eigenvalue weighted by Crippen LogP contribution is 2.11. The Balaban J connectivity index is 2.95. The van der Waals surface area contributed by atoms with Crippen LogP contribution in [-0.4, -0.2) is 49.9 Å². The molecule has 7 nitrogen and oxygen atoms in total. The van der Waals surface area contributed by atoms with E-state index in [9.17, 15) is 0 Å². The molecule has 0 aromatic carbocycles. The second-order valence-corrected chi connectivity index (χ2v) is 2.90. The van der Waals surface area contributed by atoms with Gasteiger partial charge in [-0.1, -0.05) is 0 Å². The Kier molecular flexibility index (Phi) is 4.04. The fraction of sp³-hybridized carbons (Fsp3) is 0.625. The summed E-state index contributed by atoms with van der Waals surface area (Å²) in [5.41, 5.74) is 0. The van der Waals surface area contributed by atoms with Gasteiger partial charge in [0.05, 0.1) is 0 Å². The van der Waals surface area contributed by atoms with Crippen LogP contribution in [0.2, 0.25) is 0 Å². The van der Waals surface area contributed by atoms with E-state index >= 15 is 0 Å². The Morgan fingerprint density at radius 2 is 1.67 bits per heavy atom. The van der Waals surface area contributed by atoms with Gasteiger partial charge in [0.2, 0.25) is 17.8 Å². The lowest BCUT2D eigenvalue weighted by Crippen LogP contribution is -2.23. The minimum atomic E-state index is 0.427. The van der Waals surface area contributed by atoms with E-state index in [2.05, 4.69) is 25.6 Å². The van der Waals surface area contributed by atoms with E-state index in [0.717, 1.165) is 0 Å². The molecule has 84 valence electrons. The minimum absolute atomic E-state index is 0.427. The topological polar surface area (TPSA) is 75.2 Å². The van der Waals surface area contributed by atoms with Gasteiger partial charge in [-0.05, 0) is 0 Å². The Hall–Kier alpha value is -1.63. The molecule has 1 rings (SSSR count). The summed E-state index contributed by atoms with van der Waals surface area (Å²) in [5.74, 6) is 1.60. The van der Waals surface area contributed by atoms with Crippen molar-refractivity contribution in [1.82, 2.24) is 15.0 Å². The molecule has 1 heterocycles. The normalized spacial score (nSPS) is 9.87. The first-order chi connectivity index (χ1) is 7.21. The van der Waals surface area contributed by atoms with E-state index < -0.39 is 0 Å². The molecule has 0 spiro atoms. The van der Waals surface area contributed by atoms with Crippen LogP contribution in [0.3, 0.4) is 0 Å². The summed E-state index contributed by atoms with van der Waals surface area (Å²) in [4.78, 5) is 14.3. The van der Waals surface area contributed by atoms with Gasteiger partial charge < -0.3 is 20.3 Å². The van der Waals surface area contributed by atoms with Crippen molar-refractivity contribution >= 4 is 17.8 Å². The van der Waals surface area contributed by atoms with Gasteiger partial charge in [-0.2, -0.15) is 15.0 Å². The molecule has 0 aliphatic rings. The molecule has 0 atom stereocenters. The summed E-state index contributed by atoms with van der Waals surface area (Å²) in [5, 5.41) is 5.74. The molecule has 0 radical (unpaired) electrons. The van der Waals surface area contributed by atoms with Crippen LogP contribution < -0.4 is 15.5 Å². The highest BCUT2D eigenvalue weighted by molar-refractivity contribution is 5.42. The van der Waals surface area contributed by atoms with Gasteiger partial charge >= 0.3 is 0 Å². The molecule has 0 fully saturated rings. The number of hydrogen-bond donors (Lipinski definition) is 2. The molecule has 2 N–H and O–H groups in total. The first kappa shape index (κ1) is 11.4. The van der Waals surface area contributed by atoms with Gasteiger partial charge in [-0.15, -0.1) is 0 Å². The van der Waals surface area contributed by atoms with Crippen LogP contribution >= 0.6 is 0 Å². The molecule has 1 aromatic heterocycles. The number of rotatable bonds is 5. The number of anilines is 3. The predicted molar refractivity (Wildman–Crippen MR) is 59.2 cm³/mol. The van der Waals surface area contributed by atoms with Crippen molar-refractivity contribution in [2.24, 2.45) is 0 Å². The van der Waals surface area contributed by atoms with E-state index in [4.69, 9.17) is 4.74 Å². The summed E-state index contributed by atoms with van der Waals surface area (Å²) >= 11 is 0. The average Bonchev–Trinajstić information content (AvgIpc) is 2.28. The average molecular weight is 212 g/mol. The monoisotopic (exact) mass is 212 g/mol. The van der Waals surface area contributed by atoms with Crippen LogP contribution in [-0.2, 0) is 4.74 Å². The quantitative estimate of drug-likeness (QED) is 0.665. The number of ether oxygens (including phenoxy) is 1. The van der Waals surface area contributed by atoms with Crippen molar-refractivity contribution in [2.75, 3.05) is 50.5 Å². The van der Waals surface area contributed by atoms with Crippen molar-refractivity contribution < 1.29 is 4.74 Å². The molecule has 0 saturated heterocycles. The molecular formula is C8H16N6O. The Morgan fingerprint density at radius 1 is 1.13 bits per heavy atom. The summed E-state index contributed by atoms with van der Waals surface area (Å²) in [6.45, 7) is 0.427. The van der Waals surface area contributed by atoms with E-state index in [1.165, 1.54) is 0 Å². The van der Waals surface area contributed by atoms with E-state index in [1.54, 1.807) is 26.1 Å². The standard InChI is InChI=1S/C8H16N6O/c1-9-6-11-7(10-2)13-8(12-6)14(3)5-15-4/h5H2,1-4H3,(H2,9,10,11,12,13). The van der Waals surface area contributed by atoms with Crippen LogP contribution in [0.15, 0.2) is 0 Å². The third-order valence-electron chi connectivity index (χ3n) is 1.73. The molecule has 0 unspecified atom stereocenters. The molecule has 15 heavy (non-hydrogen) atoms. The lowest BCUT2D eigenvalue weighted by molar-refractivity contribution is 0.201. The lowest BCUT2D eigenvalue weighted by Gasteiger charge is -2.16. The third-order valence-corrected chi connectivity index (χ3v) is 1.73. The van der Waals surface area contributed by atoms with Gasteiger partial charge in [-0.3, -0.25) is 0 Å². The summed E-state index contributed by atoms with van der Waals surface area (Å²) in [6.07, 6.45) is 0. The van der Waals surface area contributed by atoms with E-state index in [0.29, 0.717) is 24.6 Å². The highest BCUT2D eigenvalue weighted by Gasteiger charge is 2.08. The van der Waals surface area contributed by atoms with Crippen molar-refractivity contribution in [3.05, 3.63) is 0 Å². The van der Waals surface area contributed by atoms with Crippen molar-refractivity contribution in [1.29, 1.82) is 0 Å². The van der Waals surface area contributed by atoms with Gasteiger partial charge in [0, 0.05) is 28.3 Å². The van der Waals surface area contributed by atoms with Gasteiger partial charge in [-0.25, -0.2) is 0 Å². The fourth-order valence-electron chi connectivity index (χ4n) is 1.01. The molecular weight excluding hydrogens is 196 g/mol. The lowest BCUT2D eigenvalue weighted by atomic mass is 10.7. The number of nitrogens with one attached hydrogen (secondary N) is 2. The SMILES string of the molecule is CNc1nc(NC)nc(N(C)COC)n1. The Morgan fingerprint density at radius 3 is 2.07 bits per heavy atom.